The average Bonchev–Trinajstić information content (AvgIpc) is 1.88. The van der Waals surface area contributed by atoms with Crippen LogP contribution in [0.4, 0.5) is 0 Å². The van der Waals surface area contributed by atoms with Gasteiger partial charge in [-0.25, -0.2) is 0 Å². The molecule has 0 rings (SSSR count). The van der Waals surface area contributed by atoms with E-state index in [0.717, 1.165) is 0 Å². The summed E-state index contributed by atoms with van der Waals surface area (Å²) in [6.45, 7) is 8.65. The highest BCUT2D eigenvalue weighted by Gasteiger charge is 1.91. The van der Waals surface area contributed by atoms with Gasteiger partial charge in [-0.3, -0.25) is 0 Å². The lowest BCUT2D eigenvalue weighted by Gasteiger charge is -2.01. The van der Waals surface area contributed by atoms with E-state index in [0.29, 0.717) is 0 Å². The number of thioether (sulfide) groups is 1. The maximum Gasteiger partial charge on any atom is 0.0135 e. The molecule has 0 aromatic rings. The first-order valence-corrected chi connectivity index (χ1v) is 4.75. The van der Waals surface area contributed by atoms with Crippen molar-refractivity contribution in [3.05, 3.63) is 16.9 Å². The van der Waals surface area contributed by atoms with Crippen molar-refractivity contribution in [2.75, 3.05) is 5.75 Å². The van der Waals surface area contributed by atoms with E-state index in [1.807, 2.05) is 11.8 Å². The fraction of sp³-hybridized carbons (Fsp3) is 0.667. The van der Waals surface area contributed by atoms with Gasteiger partial charge in [0.05, 0.1) is 0 Å². The molecule has 0 atom stereocenters. The summed E-state index contributed by atoms with van der Waals surface area (Å²) in [5.74, 6) is 3.38. The lowest BCUT2D eigenvalue weighted by Crippen LogP contribution is -1.83. The van der Waals surface area contributed by atoms with Crippen molar-refractivity contribution < 1.29 is 0 Å². The van der Waals surface area contributed by atoms with Gasteiger partial charge >= 0.3 is 0 Å². The molecule has 0 aliphatic heterocycles. The van der Waals surface area contributed by atoms with E-state index >= 15 is 0 Å². The average molecular weight is 157 g/mol. The monoisotopic (exact) mass is 157 g/mol. The van der Waals surface area contributed by atoms with Crippen LogP contribution in [0.15, 0.2) is 11.1 Å². The van der Waals surface area contributed by atoms with E-state index in [4.69, 9.17) is 0 Å². The van der Waals surface area contributed by atoms with Gasteiger partial charge in [0.1, 0.15) is 0 Å². The highest BCUT2D eigenvalue weighted by Crippen LogP contribution is 2.13. The summed E-state index contributed by atoms with van der Waals surface area (Å²) in [6, 6.07) is 0. The normalized spacial score (nSPS) is 9.60. The smallest absolute Gasteiger partial charge is 0.0135 e. The van der Waals surface area contributed by atoms with Crippen LogP contribution in [0.1, 0.15) is 34.1 Å². The number of hydrogen-bond acceptors (Lipinski definition) is 1. The minimum absolute atomic E-state index is 1.23. The molecule has 0 fully saturated rings. The van der Waals surface area contributed by atoms with Gasteiger partial charge in [0, 0.05) is 5.75 Å². The second kappa shape index (κ2) is 5.84. The summed E-state index contributed by atoms with van der Waals surface area (Å²) >= 11 is 1.89. The summed E-state index contributed by atoms with van der Waals surface area (Å²) in [5.41, 5.74) is 3.01. The molecule has 0 aliphatic rings. The van der Waals surface area contributed by atoms with Crippen molar-refractivity contribution in [1.29, 1.82) is 0 Å². The van der Waals surface area contributed by atoms with E-state index in [1.54, 1.807) is 0 Å². The molecule has 59 valence electrons. The zero-order valence-corrected chi connectivity index (χ0v) is 8.22. The van der Waals surface area contributed by atoms with Gasteiger partial charge < -0.3 is 0 Å². The van der Waals surface area contributed by atoms with Crippen LogP contribution in [0.3, 0.4) is 0 Å². The van der Waals surface area contributed by atoms with Gasteiger partial charge in [0.2, 0.25) is 0 Å². The fourth-order valence-corrected chi connectivity index (χ4v) is 1.24. The first-order valence-electron chi connectivity index (χ1n) is 3.71. The Balaban J connectivity index is 3.40. The first kappa shape index (κ1) is 10.1. The molecule has 0 saturated heterocycles. The van der Waals surface area contributed by atoms with Crippen molar-refractivity contribution in [2.24, 2.45) is 0 Å². The maximum atomic E-state index is 2.21. The van der Waals surface area contributed by atoms with Crippen molar-refractivity contribution in [1.82, 2.24) is 0 Å². The van der Waals surface area contributed by atoms with Crippen molar-refractivity contribution in [3.63, 3.8) is 0 Å². The first-order chi connectivity index (χ1) is 4.68. The van der Waals surface area contributed by atoms with E-state index in [-0.39, 0.29) is 0 Å². The minimum atomic E-state index is 1.23. The van der Waals surface area contributed by atoms with Crippen LogP contribution >= 0.6 is 11.8 Å². The Morgan fingerprint density at radius 2 is 1.90 bits per heavy atom. The molecule has 0 aromatic carbocycles. The molecule has 10 heavy (non-hydrogen) atoms. The molecule has 0 N–H and O–H groups in total. The summed E-state index contributed by atoms with van der Waals surface area (Å²) < 4.78 is 0. The Labute approximate surface area is 69.1 Å². The van der Waals surface area contributed by atoms with E-state index < -0.39 is 0 Å². The number of allylic oxidation sites excluding steroid dienone is 2. The van der Waals surface area contributed by atoms with Gasteiger partial charge in [-0.05, 0) is 32.9 Å². The molecule has 0 aromatic heterocycles. The predicted octanol–water partition coefficient (Wildman–Crippen LogP) is 3.65. The molecule has 0 aliphatic carbocycles. The summed E-state index contributed by atoms with van der Waals surface area (Å²) in [7, 11) is 0. The minimum Gasteiger partial charge on any atom is -0.157 e. The Morgan fingerprint density at radius 1 is 1.30 bits per heavy atom. The van der Waals surface area contributed by atoms with Gasteiger partial charge in [0.15, 0.2) is 0 Å². The Kier molecular flexibility index (Phi) is 5.90. The van der Waals surface area contributed by atoms with Crippen LogP contribution in [0, 0.1) is 5.75 Å². The van der Waals surface area contributed by atoms with Gasteiger partial charge in [-0.2, -0.15) is 11.8 Å². The highest BCUT2D eigenvalue weighted by molar-refractivity contribution is 8.01. The predicted molar refractivity (Wildman–Crippen MR) is 51.1 cm³/mol. The second-order valence-corrected chi connectivity index (χ2v) is 3.85. The summed E-state index contributed by atoms with van der Waals surface area (Å²) in [4.78, 5) is 0. The lowest BCUT2D eigenvalue weighted by molar-refractivity contribution is 1.06. The van der Waals surface area contributed by atoms with Crippen LogP contribution in [-0.2, 0) is 0 Å². The van der Waals surface area contributed by atoms with Crippen molar-refractivity contribution in [2.45, 2.75) is 34.1 Å². The zero-order chi connectivity index (χ0) is 7.98. The molecule has 0 spiro atoms. The standard InChI is InChI=1S/C9H17S/c1-5-10-7-6-9(4)8(2)3/h5H,6-7H2,1-4H3. The van der Waals surface area contributed by atoms with Gasteiger partial charge in [-0.1, -0.05) is 18.1 Å². The molecule has 1 heteroatoms. The van der Waals surface area contributed by atoms with Crippen LogP contribution in [0.5, 0.6) is 0 Å². The van der Waals surface area contributed by atoms with E-state index in [2.05, 4.69) is 33.4 Å². The van der Waals surface area contributed by atoms with E-state index in [9.17, 15) is 0 Å². The maximum absolute atomic E-state index is 2.21. The topological polar surface area (TPSA) is 0 Å². The molecule has 0 bridgehead atoms. The van der Waals surface area contributed by atoms with E-state index in [1.165, 1.54) is 23.3 Å². The van der Waals surface area contributed by atoms with Gasteiger partial charge in [0.25, 0.3) is 0 Å². The van der Waals surface area contributed by atoms with Crippen molar-refractivity contribution in [3.8, 4) is 0 Å². The molecule has 0 nitrogen and oxygen atoms in total. The molecule has 0 heterocycles. The molecule has 1 radical (unpaired) electrons. The Bertz CT molecular complexity index is 110. The van der Waals surface area contributed by atoms with Crippen molar-refractivity contribution >= 4 is 11.8 Å². The van der Waals surface area contributed by atoms with Crippen LogP contribution in [0.2, 0.25) is 0 Å². The SMILES string of the molecule is C[CH]SCCC(C)=C(C)C. The highest BCUT2D eigenvalue weighted by atomic mass is 32.2. The Hall–Kier alpha value is 0.0900. The van der Waals surface area contributed by atoms with Crippen LogP contribution in [-0.4, -0.2) is 5.75 Å². The molecule has 0 amide bonds. The van der Waals surface area contributed by atoms with Gasteiger partial charge in [-0.15, -0.1) is 0 Å². The third-order valence-corrected chi connectivity index (χ3v) is 2.39. The summed E-state index contributed by atoms with van der Waals surface area (Å²) in [5, 5.41) is 0. The quantitative estimate of drug-likeness (QED) is 0.443. The third kappa shape index (κ3) is 4.92. The molecular weight excluding hydrogens is 140 g/mol. The fourth-order valence-electron chi connectivity index (χ4n) is 0.580. The van der Waals surface area contributed by atoms with Crippen LogP contribution < -0.4 is 0 Å². The molecule has 0 saturated carbocycles. The lowest BCUT2D eigenvalue weighted by atomic mass is 10.1. The number of hydrogen-bond donors (Lipinski definition) is 0. The Morgan fingerprint density at radius 3 is 2.30 bits per heavy atom. The summed E-state index contributed by atoms with van der Waals surface area (Å²) in [6.07, 6.45) is 1.23. The third-order valence-electron chi connectivity index (χ3n) is 1.62. The second-order valence-electron chi connectivity index (χ2n) is 2.64. The molecule has 0 unspecified atom stereocenters. The number of rotatable bonds is 4. The van der Waals surface area contributed by atoms with Crippen LogP contribution in [0.25, 0.3) is 0 Å². The molecular formula is C9H17S. The zero-order valence-electron chi connectivity index (χ0n) is 7.40. The largest absolute Gasteiger partial charge is 0.157 e.